The number of benzene rings is 2. The van der Waals surface area contributed by atoms with Gasteiger partial charge in [-0.1, -0.05) is 39.7 Å². The number of anilines is 1. The third-order valence-corrected chi connectivity index (χ3v) is 5.05. The van der Waals surface area contributed by atoms with Gasteiger partial charge in [0.1, 0.15) is 5.75 Å². The van der Waals surface area contributed by atoms with Crippen molar-refractivity contribution in [3.63, 3.8) is 0 Å². The van der Waals surface area contributed by atoms with Crippen molar-refractivity contribution < 1.29 is 9.53 Å². The van der Waals surface area contributed by atoms with Gasteiger partial charge in [0.25, 0.3) is 5.91 Å². The Morgan fingerprint density at radius 2 is 1.88 bits per heavy atom. The topological polar surface area (TPSA) is 32.8 Å². The van der Waals surface area contributed by atoms with Crippen LogP contribution in [0.15, 0.2) is 46.9 Å². The zero-order valence-electron chi connectivity index (χ0n) is 14.0. The van der Waals surface area contributed by atoms with Crippen LogP contribution < -0.4 is 9.64 Å². The molecular formula is C19H20BrClN2O2. The summed E-state index contributed by atoms with van der Waals surface area (Å²) in [7, 11) is 0. The Bertz CT molecular complexity index is 761. The van der Waals surface area contributed by atoms with Gasteiger partial charge in [-0.3, -0.25) is 4.79 Å². The highest BCUT2D eigenvalue weighted by molar-refractivity contribution is 9.10. The van der Waals surface area contributed by atoms with E-state index in [1.54, 1.807) is 12.1 Å². The van der Waals surface area contributed by atoms with Gasteiger partial charge in [0.2, 0.25) is 0 Å². The molecule has 0 atom stereocenters. The largest absolute Gasteiger partial charge is 0.492 e. The second-order valence-electron chi connectivity index (χ2n) is 5.80. The standard InChI is InChI=1S/C19H20BrClN2O2/c1-2-25-18-6-4-3-5-17(18)22-9-11-23(12-10-22)19(24)15-13-14(20)7-8-16(15)21/h3-8,13H,2,9-12H2,1H3. The summed E-state index contributed by atoms with van der Waals surface area (Å²) >= 11 is 9.60. The number of amides is 1. The van der Waals surface area contributed by atoms with Crippen LogP contribution in [-0.4, -0.2) is 43.6 Å². The minimum atomic E-state index is -0.0240. The summed E-state index contributed by atoms with van der Waals surface area (Å²) in [6, 6.07) is 13.4. The van der Waals surface area contributed by atoms with Gasteiger partial charge in [-0.05, 0) is 37.3 Å². The lowest BCUT2D eigenvalue weighted by Crippen LogP contribution is -2.49. The van der Waals surface area contributed by atoms with Crippen molar-refractivity contribution in [1.29, 1.82) is 0 Å². The zero-order chi connectivity index (χ0) is 17.8. The molecular weight excluding hydrogens is 404 g/mol. The average molecular weight is 424 g/mol. The van der Waals surface area contributed by atoms with Crippen LogP contribution in [0.1, 0.15) is 17.3 Å². The third kappa shape index (κ3) is 4.10. The van der Waals surface area contributed by atoms with Gasteiger partial charge in [-0.25, -0.2) is 0 Å². The lowest BCUT2D eigenvalue weighted by Gasteiger charge is -2.36. The SMILES string of the molecule is CCOc1ccccc1N1CCN(C(=O)c2cc(Br)ccc2Cl)CC1. The van der Waals surface area contributed by atoms with Crippen LogP contribution in [0.3, 0.4) is 0 Å². The maximum Gasteiger partial charge on any atom is 0.255 e. The minimum Gasteiger partial charge on any atom is -0.492 e. The van der Waals surface area contributed by atoms with E-state index in [0.717, 1.165) is 29.0 Å². The first-order chi connectivity index (χ1) is 12.1. The first kappa shape index (κ1) is 18.1. The number of hydrogen-bond donors (Lipinski definition) is 0. The van der Waals surface area contributed by atoms with Crippen LogP contribution in [0.5, 0.6) is 5.75 Å². The molecule has 6 heteroatoms. The summed E-state index contributed by atoms with van der Waals surface area (Å²) in [5.74, 6) is 0.865. The van der Waals surface area contributed by atoms with E-state index in [2.05, 4.69) is 26.9 Å². The number of carbonyl (C=O) groups excluding carboxylic acids is 1. The van der Waals surface area contributed by atoms with Gasteiger partial charge in [-0.2, -0.15) is 0 Å². The van der Waals surface area contributed by atoms with Crippen LogP contribution >= 0.6 is 27.5 Å². The first-order valence-corrected chi connectivity index (χ1v) is 9.48. The van der Waals surface area contributed by atoms with E-state index in [-0.39, 0.29) is 5.91 Å². The predicted octanol–water partition coefficient (Wildman–Crippen LogP) is 4.46. The molecule has 1 amide bonds. The molecule has 0 radical (unpaired) electrons. The van der Waals surface area contributed by atoms with Crippen LogP contribution in [-0.2, 0) is 0 Å². The lowest BCUT2D eigenvalue weighted by atomic mass is 10.1. The molecule has 1 heterocycles. The third-order valence-electron chi connectivity index (χ3n) is 4.23. The molecule has 0 aliphatic carbocycles. The molecule has 0 aromatic heterocycles. The van der Waals surface area contributed by atoms with Crippen molar-refractivity contribution in [3.8, 4) is 5.75 Å². The smallest absolute Gasteiger partial charge is 0.255 e. The number of hydrogen-bond acceptors (Lipinski definition) is 3. The molecule has 1 aliphatic rings. The Balaban J connectivity index is 1.70. The number of rotatable bonds is 4. The summed E-state index contributed by atoms with van der Waals surface area (Å²) in [5, 5.41) is 0.484. The monoisotopic (exact) mass is 422 g/mol. The normalized spacial score (nSPS) is 14.5. The molecule has 132 valence electrons. The van der Waals surface area contributed by atoms with E-state index in [4.69, 9.17) is 16.3 Å². The second-order valence-corrected chi connectivity index (χ2v) is 7.13. The van der Waals surface area contributed by atoms with Gasteiger partial charge in [0.05, 0.1) is 22.9 Å². The fourth-order valence-electron chi connectivity index (χ4n) is 2.98. The summed E-state index contributed by atoms with van der Waals surface area (Å²) in [4.78, 5) is 16.9. The van der Waals surface area contributed by atoms with E-state index in [1.807, 2.05) is 36.1 Å². The van der Waals surface area contributed by atoms with Crippen LogP contribution in [0.2, 0.25) is 5.02 Å². The number of piperazine rings is 1. The van der Waals surface area contributed by atoms with Crippen molar-refractivity contribution in [2.24, 2.45) is 0 Å². The van der Waals surface area contributed by atoms with Crippen molar-refractivity contribution in [2.75, 3.05) is 37.7 Å². The van der Waals surface area contributed by atoms with Crippen LogP contribution in [0.25, 0.3) is 0 Å². The molecule has 0 unspecified atom stereocenters. The number of carbonyl (C=O) groups is 1. The Morgan fingerprint density at radius 1 is 1.16 bits per heavy atom. The lowest BCUT2D eigenvalue weighted by molar-refractivity contribution is 0.0747. The van der Waals surface area contributed by atoms with Gasteiger partial charge >= 0.3 is 0 Å². The zero-order valence-corrected chi connectivity index (χ0v) is 16.4. The second kappa shape index (κ2) is 8.11. The van der Waals surface area contributed by atoms with Crippen LogP contribution in [0.4, 0.5) is 5.69 Å². The van der Waals surface area contributed by atoms with Gasteiger partial charge < -0.3 is 14.5 Å². The quantitative estimate of drug-likeness (QED) is 0.728. The maximum absolute atomic E-state index is 12.8. The van der Waals surface area contributed by atoms with Gasteiger partial charge in [0.15, 0.2) is 0 Å². The Labute approximate surface area is 161 Å². The summed E-state index contributed by atoms with van der Waals surface area (Å²) in [5.41, 5.74) is 1.62. The molecule has 4 nitrogen and oxygen atoms in total. The van der Waals surface area contributed by atoms with Gasteiger partial charge in [0, 0.05) is 30.7 Å². The number of nitrogens with zero attached hydrogens (tertiary/aromatic N) is 2. The molecule has 0 spiro atoms. The Hall–Kier alpha value is -1.72. The van der Waals surface area contributed by atoms with E-state index >= 15 is 0 Å². The molecule has 2 aromatic carbocycles. The first-order valence-electron chi connectivity index (χ1n) is 8.31. The molecule has 0 saturated carbocycles. The number of ether oxygens (including phenoxy) is 1. The average Bonchev–Trinajstić information content (AvgIpc) is 2.64. The van der Waals surface area contributed by atoms with E-state index in [9.17, 15) is 4.79 Å². The van der Waals surface area contributed by atoms with Gasteiger partial charge in [-0.15, -0.1) is 0 Å². The molecule has 25 heavy (non-hydrogen) atoms. The molecule has 1 aliphatic heterocycles. The van der Waals surface area contributed by atoms with Crippen LogP contribution in [0, 0.1) is 0 Å². The maximum atomic E-state index is 12.8. The molecule has 0 N–H and O–H groups in total. The van der Waals surface area contributed by atoms with E-state index < -0.39 is 0 Å². The Kier molecular flexibility index (Phi) is 5.86. The molecule has 0 bridgehead atoms. The molecule has 1 fully saturated rings. The van der Waals surface area contributed by atoms with Crippen molar-refractivity contribution in [3.05, 3.63) is 57.5 Å². The highest BCUT2D eigenvalue weighted by Gasteiger charge is 2.25. The predicted molar refractivity (Wildman–Crippen MR) is 105 cm³/mol. The van der Waals surface area contributed by atoms with Crippen molar-refractivity contribution in [2.45, 2.75) is 6.92 Å². The fraction of sp³-hybridized carbons (Fsp3) is 0.316. The molecule has 1 saturated heterocycles. The molecule has 2 aromatic rings. The van der Waals surface area contributed by atoms with Crippen molar-refractivity contribution in [1.82, 2.24) is 4.90 Å². The highest BCUT2D eigenvalue weighted by atomic mass is 79.9. The highest BCUT2D eigenvalue weighted by Crippen LogP contribution is 2.29. The summed E-state index contributed by atoms with van der Waals surface area (Å²) < 4.78 is 6.57. The number of halogens is 2. The van der Waals surface area contributed by atoms with E-state index in [0.29, 0.717) is 30.3 Å². The number of para-hydroxylation sites is 2. The Morgan fingerprint density at radius 3 is 2.60 bits per heavy atom. The van der Waals surface area contributed by atoms with E-state index in [1.165, 1.54) is 0 Å². The minimum absolute atomic E-state index is 0.0240. The fourth-order valence-corrected chi connectivity index (χ4v) is 3.54. The molecule has 3 rings (SSSR count). The summed E-state index contributed by atoms with van der Waals surface area (Å²) in [6.07, 6.45) is 0. The summed E-state index contributed by atoms with van der Waals surface area (Å²) in [6.45, 7) is 5.46. The van der Waals surface area contributed by atoms with Crippen molar-refractivity contribution >= 4 is 39.1 Å².